The fourth-order valence-electron chi connectivity index (χ4n) is 3.06. The van der Waals surface area contributed by atoms with Gasteiger partial charge in [-0.2, -0.15) is 4.98 Å². The van der Waals surface area contributed by atoms with Crippen molar-refractivity contribution in [3.63, 3.8) is 0 Å². The number of piperidine rings is 1. The SMILES string of the molecule is CC(C)(C)NC(=O)C1CCCCN1c1ncc([N+](=O)[O-])c(NC2CC2)n1. The van der Waals surface area contributed by atoms with Gasteiger partial charge in [-0.05, 0) is 52.9 Å². The summed E-state index contributed by atoms with van der Waals surface area (Å²) in [4.78, 5) is 34.0. The third-order valence-corrected chi connectivity index (χ3v) is 4.43. The fourth-order valence-corrected chi connectivity index (χ4v) is 3.06. The number of carbonyl (C=O) groups excluding carboxylic acids is 1. The van der Waals surface area contributed by atoms with Crippen molar-refractivity contribution in [2.75, 3.05) is 16.8 Å². The van der Waals surface area contributed by atoms with Crippen molar-refractivity contribution >= 4 is 23.4 Å². The van der Waals surface area contributed by atoms with Gasteiger partial charge in [0.05, 0.1) is 4.92 Å². The van der Waals surface area contributed by atoms with Crippen LogP contribution in [0.15, 0.2) is 6.20 Å². The first-order chi connectivity index (χ1) is 12.2. The smallest absolute Gasteiger partial charge is 0.329 e. The molecule has 26 heavy (non-hydrogen) atoms. The highest BCUT2D eigenvalue weighted by atomic mass is 16.6. The average molecular weight is 362 g/mol. The number of carbonyl (C=O) groups is 1. The third-order valence-electron chi connectivity index (χ3n) is 4.43. The van der Waals surface area contributed by atoms with E-state index in [2.05, 4.69) is 20.6 Å². The summed E-state index contributed by atoms with van der Waals surface area (Å²) in [5, 5.41) is 17.4. The van der Waals surface area contributed by atoms with Crippen LogP contribution in [0.25, 0.3) is 0 Å². The molecule has 2 aliphatic rings. The molecule has 2 N–H and O–H groups in total. The summed E-state index contributed by atoms with van der Waals surface area (Å²) >= 11 is 0. The van der Waals surface area contributed by atoms with E-state index in [-0.39, 0.29) is 35.0 Å². The minimum Gasteiger partial charge on any atom is -0.361 e. The number of nitrogens with one attached hydrogen (secondary N) is 2. The summed E-state index contributed by atoms with van der Waals surface area (Å²) in [6, 6.07) is -0.129. The number of anilines is 2. The van der Waals surface area contributed by atoms with Crippen LogP contribution in [-0.4, -0.2) is 45.0 Å². The molecule has 3 rings (SSSR count). The first-order valence-electron chi connectivity index (χ1n) is 9.11. The van der Waals surface area contributed by atoms with Crippen LogP contribution in [0.2, 0.25) is 0 Å². The molecule has 0 aromatic carbocycles. The molecule has 1 amide bonds. The second-order valence-electron chi connectivity index (χ2n) is 8.02. The van der Waals surface area contributed by atoms with Crippen molar-refractivity contribution in [2.24, 2.45) is 0 Å². The number of amides is 1. The second-order valence-corrected chi connectivity index (χ2v) is 8.02. The van der Waals surface area contributed by atoms with Crippen LogP contribution < -0.4 is 15.5 Å². The molecular weight excluding hydrogens is 336 g/mol. The lowest BCUT2D eigenvalue weighted by molar-refractivity contribution is -0.384. The Kier molecular flexibility index (Phi) is 4.97. The largest absolute Gasteiger partial charge is 0.361 e. The maximum Gasteiger partial charge on any atom is 0.329 e. The van der Waals surface area contributed by atoms with Crippen LogP contribution in [0.5, 0.6) is 0 Å². The van der Waals surface area contributed by atoms with Crippen molar-refractivity contribution in [1.82, 2.24) is 15.3 Å². The van der Waals surface area contributed by atoms with Gasteiger partial charge in [0.15, 0.2) is 0 Å². The molecule has 1 aliphatic heterocycles. The maximum absolute atomic E-state index is 12.7. The molecular formula is C17H26N6O3. The summed E-state index contributed by atoms with van der Waals surface area (Å²) in [7, 11) is 0. The van der Waals surface area contributed by atoms with Gasteiger partial charge in [0.25, 0.3) is 0 Å². The quantitative estimate of drug-likeness (QED) is 0.610. The zero-order valence-electron chi connectivity index (χ0n) is 15.5. The molecule has 1 saturated heterocycles. The first-order valence-corrected chi connectivity index (χ1v) is 9.11. The molecule has 1 atom stereocenters. The summed E-state index contributed by atoms with van der Waals surface area (Å²) < 4.78 is 0. The van der Waals surface area contributed by atoms with Gasteiger partial charge in [-0.25, -0.2) is 4.98 Å². The molecule has 2 heterocycles. The Labute approximate surface area is 152 Å². The fraction of sp³-hybridized carbons (Fsp3) is 0.706. The monoisotopic (exact) mass is 362 g/mol. The van der Waals surface area contributed by atoms with Gasteiger partial charge in [-0.3, -0.25) is 14.9 Å². The lowest BCUT2D eigenvalue weighted by Gasteiger charge is -2.36. The Bertz CT molecular complexity index is 698. The van der Waals surface area contributed by atoms with E-state index in [1.807, 2.05) is 25.7 Å². The minimum atomic E-state index is -0.478. The average Bonchev–Trinajstić information content (AvgIpc) is 3.37. The van der Waals surface area contributed by atoms with Gasteiger partial charge in [-0.1, -0.05) is 0 Å². The van der Waals surface area contributed by atoms with Crippen molar-refractivity contribution < 1.29 is 9.72 Å². The standard InChI is InChI=1S/C17H26N6O3/c1-17(2,3)21-15(24)12-6-4-5-9-22(12)16-18-10-13(23(25)26)14(20-16)19-11-7-8-11/h10-12H,4-9H2,1-3H3,(H,21,24)(H,18,19,20). The molecule has 1 aromatic rings. The van der Waals surface area contributed by atoms with E-state index in [1.165, 1.54) is 6.20 Å². The zero-order valence-corrected chi connectivity index (χ0v) is 15.5. The van der Waals surface area contributed by atoms with E-state index < -0.39 is 4.92 Å². The zero-order chi connectivity index (χ0) is 18.9. The van der Waals surface area contributed by atoms with Gasteiger partial charge in [0, 0.05) is 18.1 Å². The summed E-state index contributed by atoms with van der Waals surface area (Å²) in [6.45, 7) is 6.48. The number of aromatic nitrogens is 2. The highest BCUT2D eigenvalue weighted by molar-refractivity contribution is 5.85. The molecule has 0 spiro atoms. The highest BCUT2D eigenvalue weighted by Crippen LogP contribution is 2.31. The third kappa shape index (κ3) is 4.39. The Morgan fingerprint density at radius 3 is 2.65 bits per heavy atom. The van der Waals surface area contributed by atoms with E-state index in [9.17, 15) is 14.9 Å². The van der Waals surface area contributed by atoms with Crippen LogP contribution in [-0.2, 0) is 4.79 Å². The van der Waals surface area contributed by atoms with E-state index in [0.29, 0.717) is 18.9 Å². The number of rotatable bonds is 5. The molecule has 142 valence electrons. The predicted octanol–water partition coefficient (Wildman–Crippen LogP) is 2.23. The van der Waals surface area contributed by atoms with Crippen molar-refractivity contribution in [3.05, 3.63) is 16.3 Å². The molecule has 0 radical (unpaired) electrons. The number of hydrogen-bond acceptors (Lipinski definition) is 7. The van der Waals surface area contributed by atoms with Gasteiger partial charge in [0.1, 0.15) is 12.2 Å². The van der Waals surface area contributed by atoms with Crippen molar-refractivity contribution in [3.8, 4) is 0 Å². The Morgan fingerprint density at radius 1 is 1.31 bits per heavy atom. The predicted molar refractivity (Wildman–Crippen MR) is 98.2 cm³/mol. The van der Waals surface area contributed by atoms with Crippen LogP contribution in [0, 0.1) is 10.1 Å². The van der Waals surface area contributed by atoms with E-state index in [0.717, 1.165) is 25.7 Å². The Hall–Kier alpha value is -2.45. The van der Waals surface area contributed by atoms with Crippen molar-refractivity contribution in [2.45, 2.75) is 70.5 Å². The van der Waals surface area contributed by atoms with Gasteiger partial charge >= 0.3 is 5.69 Å². The molecule has 0 bridgehead atoms. The highest BCUT2D eigenvalue weighted by Gasteiger charge is 2.34. The molecule has 9 heteroatoms. The normalized spacial score (nSPS) is 20.6. The minimum absolute atomic E-state index is 0.0594. The Morgan fingerprint density at radius 2 is 2.04 bits per heavy atom. The lowest BCUT2D eigenvalue weighted by Crippen LogP contribution is -2.54. The van der Waals surface area contributed by atoms with Gasteiger partial charge < -0.3 is 15.5 Å². The van der Waals surface area contributed by atoms with E-state index in [4.69, 9.17) is 0 Å². The van der Waals surface area contributed by atoms with E-state index in [1.54, 1.807) is 0 Å². The summed E-state index contributed by atoms with van der Waals surface area (Å²) in [6.07, 6.45) is 5.81. The Balaban J connectivity index is 1.86. The van der Waals surface area contributed by atoms with E-state index >= 15 is 0 Å². The maximum atomic E-state index is 12.7. The van der Waals surface area contributed by atoms with Crippen LogP contribution >= 0.6 is 0 Å². The number of hydrogen-bond donors (Lipinski definition) is 2. The molecule has 9 nitrogen and oxygen atoms in total. The first kappa shape index (κ1) is 18.3. The second kappa shape index (κ2) is 7.05. The number of nitro groups is 1. The molecule has 2 fully saturated rings. The lowest BCUT2D eigenvalue weighted by atomic mass is 10.00. The van der Waals surface area contributed by atoms with Gasteiger partial charge in [-0.15, -0.1) is 0 Å². The van der Waals surface area contributed by atoms with Crippen LogP contribution in [0.4, 0.5) is 17.5 Å². The number of nitrogens with zero attached hydrogens (tertiary/aromatic N) is 4. The van der Waals surface area contributed by atoms with Crippen LogP contribution in [0.3, 0.4) is 0 Å². The molecule has 1 aliphatic carbocycles. The molecule has 1 saturated carbocycles. The van der Waals surface area contributed by atoms with Gasteiger partial charge in [0.2, 0.25) is 17.7 Å². The molecule has 1 aromatic heterocycles. The topological polar surface area (TPSA) is 113 Å². The molecule has 1 unspecified atom stereocenters. The van der Waals surface area contributed by atoms with Crippen molar-refractivity contribution in [1.29, 1.82) is 0 Å². The van der Waals surface area contributed by atoms with Crippen LogP contribution in [0.1, 0.15) is 52.9 Å². The summed E-state index contributed by atoms with van der Waals surface area (Å²) in [5.74, 6) is 0.548. The summed E-state index contributed by atoms with van der Waals surface area (Å²) in [5.41, 5.74) is -0.455.